The van der Waals surface area contributed by atoms with Gasteiger partial charge in [-0.2, -0.15) is 0 Å². The Bertz CT molecular complexity index is 499. The average molecular weight is 276 g/mol. The molecule has 1 fully saturated rings. The van der Waals surface area contributed by atoms with Crippen LogP contribution in [0.25, 0.3) is 0 Å². The van der Waals surface area contributed by atoms with Crippen LogP contribution in [-0.2, 0) is 4.79 Å². The summed E-state index contributed by atoms with van der Waals surface area (Å²) in [5, 5.41) is 16.1. The molecular weight excluding hydrogens is 252 g/mol. The molecule has 0 bridgehead atoms. The lowest BCUT2D eigenvalue weighted by Gasteiger charge is -2.29. The summed E-state index contributed by atoms with van der Waals surface area (Å²) in [5.41, 5.74) is 2.31. The van der Waals surface area contributed by atoms with E-state index in [1.54, 1.807) is 6.07 Å². The number of phenols is 1. The molecule has 0 radical (unpaired) electrons. The Kier molecular flexibility index (Phi) is 4.65. The molecule has 1 heterocycles. The Labute approximate surface area is 120 Å². The fourth-order valence-corrected chi connectivity index (χ4v) is 2.84. The van der Waals surface area contributed by atoms with Crippen LogP contribution in [0.1, 0.15) is 37.3 Å². The summed E-state index contributed by atoms with van der Waals surface area (Å²) < 4.78 is 0. The van der Waals surface area contributed by atoms with Crippen molar-refractivity contribution in [3.8, 4) is 5.75 Å². The topological polar surface area (TPSA) is 61.4 Å². The largest absolute Gasteiger partial charge is 0.505 e. The Hall–Kier alpha value is -1.55. The number of hydrogen-bond donors (Lipinski definition) is 3. The maximum absolute atomic E-state index is 12.3. The molecule has 2 unspecified atom stereocenters. The quantitative estimate of drug-likeness (QED) is 0.744. The van der Waals surface area contributed by atoms with Gasteiger partial charge in [-0.15, -0.1) is 0 Å². The number of rotatable bonds is 3. The van der Waals surface area contributed by atoms with Gasteiger partial charge in [0.25, 0.3) is 0 Å². The molecule has 2 atom stereocenters. The summed E-state index contributed by atoms with van der Waals surface area (Å²) in [6, 6.07) is 3.55. The molecule has 20 heavy (non-hydrogen) atoms. The molecule has 0 aromatic heterocycles. The first-order valence-corrected chi connectivity index (χ1v) is 7.35. The van der Waals surface area contributed by atoms with E-state index in [9.17, 15) is 9.90 Å². The second-order valence-electron chi connectivity index (χ2n) is 5.77. The number of nitrogens with one attached hydrogen (secondary N) is 2. The predicted octanol–water partition coefficient (Wildman–Crippen LogP) is 2.73. The van der Waals surface area contributed by atoms with Crippen LogP contribution < -0.4 is 10.6 Å². The number of piperidine rings is 1. The van der Waals surface area contributed by atoms with Crippen LogP contribution in [0.4, 0.5) is 5.69 Å². The molecule has 1 aliphatic heterocycles. The van der Waals surface area contributed by atoms with E-state index in [4.69, 9.17) is 0 Å². The van der Waals surface area contributed by atoms with Gasteiger partial charge in [0.05, 0.1) is 11.7 Å². The number of carbonyl (C=O) groups excluding carboxylic acids is 1. The molecule has 1 amide bonds. The van der Waals surface area contributed by atoms with Crippen molar-refractivity contribution in [3.05, 3.63) is 23.3 Å². The zero-order valence-electron chi connectivity index (χ0n) is 12.5. The molecule has 0 spiro atoms. The van der Waals surface area contributed by atoms with Crippen molar-refractivity contribution in [2.24, 2.45) is 5.92 Å². The van der Waals surface area contributed by atoms with E-state index in [1.165, 1.54) is 0 Å². The lowest BCUT2D eigenvalue weighted by molar-refractivity contribution is -0.119. The molecule has 1 aromatic rings. The van der Waals surface area contributed by atoms with Crippen LogP contribution in [0.5, 0.6) is 5.75 Å². The third-order valence-electron chi connectivity index (χ3n) is 4.11. The molecule has 110 valence electrons. The first kappa shape index (κ1) is 14.9. The van der Waals surface area contributed by atoms with Crippen molar-refractivity contribution in [2.75, 3.05) is 11.9 Å². The minimum Gasteiger partial charge on any atom is -0.505 e. The molecule has 0 aliphatic carbocycles. The van der Waals surface area contributed by atoms with Gasteiger partial charge in [-0.25, -0.2) is 0 Å². The SMILES string of the molecule is CCC1CCNC(C(=O)Nc2cc(C)cc(C)c2O)C1. The standard InChI is InChI=1S/C16H24N2O2/c1-4-12-5-6-17-14(9-12)16(20)18-13-8-10(2)7-11(3)15(13)19/h7-8,12,14,17,19H,4-6,9H2,1-3H3,(H,18,20). The van der Waals surface area contributed by atoms with Crippen LogP contribution in [0.15, 0.2) is 12.1 Å². The monoisotopic (exact) mass is 276 g/mol. The van der Waals surface area contributed by atoms with E-state index >= 15 is 0 Å². The van der Waals surface area contributed by atoms with Crippen molar-refractivity contribution < 1.29 is 9.90 Å². The van der Waals surface area contributed by atoms with Crippen molar-refractivity contribution in [3.63, 3.8) is 0 Å². The van der Waals surface area contributed by atoms with Gasteiger partial charge in [-0.1, -0.05) is 19.4 Å². The van der Waals surface area contributed by atoms with Gasteiger partial charge >= 0.3 is 0 Å². The summed E-state index contributed by atoms with van der Waals surface area (Å²) in [6.07, 6.45) is 3.11. The van der Waals surface area contributed by atoms with E-state index in [0.717, 1.165) is 36.9 Å². The van der Waals surface area contributed by atoms with Crippen LogP contribution in [0.2, 0.25) is 0 Å². The van der Waals surface area contributed by atoms with Gasteiger partial charge in [0.1, 0.15) is 5.75 Å². The second kappa shape index (κ2) is 6.27. The lowest BCUT2D eigenvalue weighted by atomic mass is 9.90. The van der Waals surface area contributed by atoms with E-state index in [1.807, 2.05) is 19.9 Å². The average Bonchev–Trinajstić information content (AvgIpc) is 2.44. The van der Waals surface area contributed by atoms with Gasteiger partial charge in [-0.05, 0) is 56.3 Å². The third kappa shape index (κ3) is 3.31. The number of carbonyl (C=O) groups is 1. The smallest absolute Gasteiger partial charge is 0.241 e. The molecular formula is C16H24N2O2. The maximum atomic E-state index is 12.3. The highest BCUT2D eigenvalue weighted by Gasteiger charge is 2.26. The van der Waals surface area contributed by atoms with E-state index in [0.29, 0.717) is 11.6 Å². The van der Waals surface area contributed by atoms with Crippen LogP contribution in [0.3, 0.4) is 0 Å². The fourth-order valence-electron chi connectivity index (χ4n) is 2.84. The van der Waals surface area contributed by atoms with Gasteiger partial charge in [-0.3, -0.25) is 4.79 Å². The van der Waals surface area contributed by atoms with Crippen molar-refractivity contribution in [1.29, 1.82) is 0 Å². The lowest BCUT2D eigenvalue weighted by Crippen LogP contribution is -2.46. The normalized spacial score (nSPS) is 22.6. The van der Waals surface area contributed by atoms with Gasteiger partial charge in [0, 0.05) is 0 Å². The number of benzene rings is 1. The highest BCUT2D eigenvalue weighted by molar-refractivity contribution is 5.96. The Morgan fingerprint density at radius 1 is 1.45 bits per heavy atom. The molecule has 4 nitrogen and oxygen atoms in total. The predicted molar refractivity (Wildman–Crippen MR) is 81.0 cm³/mol. The number of hydrogen-bond acceptors (Lipinski definition) is 3. The highest BCUT2D eigenvalue weighted by Crippen LogP contribution is 2.29. The Morgan fingerprint density at radius 2 is 2.20 bits per heavy atom. The van der Waals surface area contributed by atoms with Crippen molar-refractivity contribution in [1.82, 2.24) is 5.32 Å². The van der Waals surface area contributed by atoms with Crippen LogP contribution in [0, 0.1) is 19.8 Å². The summed E-state index contributed by atoms with van der Waals surface area (Å²) in [6.45, 7) is 6.84. The number of aryl methyl sites for hydroxylation is 2. The first-order valence-electron chi connectivity index (χ1n) is 7.35. The summed E-state index contributed by atoms with van der Waals surface area (Å²) in [7, 11) is 0. The number of aromatic hydroxyl groups is 1. The van der Waals surface area contributed by atoms with Gasteiger partial charge < -0.3 is 15.7 Å². The molecule has 1 saturated heterocycles. The second-order valence-corrected chi connectivity index (χ2v) is 5.77. The number of phenolic OH excluding ortho intramolecular Hbond substituents is 1. The summed E-state index contributed by atoms with van der Waals surface area (Å²) in [4.78, 5) is 12.3. The van der Waals surface area contributed by atoms with E-state index in [-0.39, 0.29) is 17.7 Å². The van der Waals surface area contributed by atoms with E-state index in [2.05, 4.69) is 17.6 Å². The molecule has 1 aliphatic rings. The summed E-state index contributed by atoms with van der Waals surface area (Å²) in [5.74, 6) is 0.718. The Balaban J connectivity index is 2.08. The molecule has 3 N–H and O–H groups in total. The molecule has 0 saturated carbocycles. The fraction of sp³-hybridized carbons (Fsp3) is 0.562. The minimum absolute atomic E-state index is 0.0524. The maximum Gasteiger partial charge on any atom is 0.241 e. The Morgan fingerprint density at radius 3 is 2.90 bits per heavy atom. The zero-order valence-corrected chi connectivity index (χ0v) is 12.5. The van der Waals surface area contributed by atoms with Gasteiger partial charge in [0.15, 0.2) is 0 Å². The zero-order chi connectivity index (χ0) is 14.7. The first-order chi connectivity index (χ1) is 9.51. The molecule has 1 aromatic carbocycles. The van der Waals surface area contributed by atoms with Gasteiger partial charge in [0.2, 0.25) is 5.91 Å². The van der Waals surface area contributed by atoms with Crippen molar-refractivity contribution >= 4 is 11.6 Å². The highest BCUT2D eigenvalue weighted by atomic mass is 16.3. The molecule has 2 rings (SSSR count). The van der Waals surface area contributed by atoms with Crippen molar-refractivity contribution in [2.45, 2.75) is 46.1 Å². The van der Waals surface area contributed by atoms with E-state index < -0.39 is 0 Å². The third-order valence-corrected chi connectivity index (χ3v) is 4.11. The number of anilines is 1. The summed E-state index contributed by atoms with van der Waals surface area (Å²) >= 11 is 0. The van der Waals surface area contributed by atoms with Crippen LogP contribution >= 0.6 is 0 Å². The number of amides is 1. The van der Waals surface area contributed by atoms with Crippen LogP contribution in [-0.4, -0.2) is 23.6 Å². The molecule has 4 heteroatoms. The minimum atomic E-state index is -0.158.